The molecule has 0 radical (unpaired) electrons. The number of nitriles is 1. The van der Waals surface area contributed by atoms with Crippen LogP contribution in [0, 0.1) is 11.3 Å². The number of methoxy groups -OCH3 is 1. The van der Waals surface area contributed by atoms with Crippen LogP contribution in [0.3, 0.4) is 0 Å². The quantitative estimate of drug-likeness (QED) is 0.756. The van der Waals surface area contributed by atoms with Crippen molar-refractivity contribution in [3.63, 3.8) is 0 Å². The molecule has 2 aliphatic rings. The predicted octanol–water partition coefficient (Wildman–Crippen LogP) is 2.44. The van der Waals surface area contributed by atoms with Crippen LogP contribution in [0.15, 0.2) is 48.5 Å². The maximum atomic E-state index is 12.2. The molecule has 4 rings (SSSR count). The molecule has 156 valence electrons. The van der Waals surface area contributed by atoms with Crippen LogP contribution in [0.5, 0.6) is 5.75 Å². The van der Waals surface area contributed by atoms with E-state index < -0.39 is 12.2 Å². The molecule has 0 saturated carbocycles. The van der Waals surface area contributed by atoms with Crippen LogP contribution < -0.4 is 15.4 Å². The molecule has 2 fully saturated rings. The smallest absolute Gasteiger partial charge is 0.412 e. The van der Waals surface area contributed by atoms with E-state index in [1.165, 1.54) is 0 Å². The molecule has 8 heteroatoms. The van der Waals surface area contributed by atoms with Crippen LogP contribution in [0.1, 0.15) is 11.1 Å². The lowest BCUT2D eigenvalue weighted by atomic mass is 10.1. The van der Waals surface area contributed by atoms with E-state index in [9.17, 15) is 4.79 Å². The molecule has 2 heterocycles. The minimum absolute atomic E-state index is 0.0148. The monoisotopic (exact) mass is 409 g/mol. The summed E-state index contributed by atoms with van der Waals surface area (Å²) in [6, 6.07) is 16.6. The van der Waals surface area contributed by atoms with Crippen molar-refractivity contribution in [3.8, 4) is 11.8 Å². The third-order valence-electron chi connectivity index (χ3n) is 5.23. The first-order valence-electron chi connectivity index (χ1n) is 9.73. The molecule has 0 aromatic heterocycles. The van der Waals surface area contributed by atoms with Gasteiger partial charge in [0.1, 0.15) is 18.0 Å². The lowest BCUT2D eigenvalue weighted by molar-refractivity contribution is 0.00854. The molecule has 1 amide bonds. The molecule has 0 aliphatic carbocycles. The number of rotatable bonds is 6. The molecule has 0 spiro atoms. The zero-order chi connectivity index (χ0) is 20.9. The Balaban J connectivity index is 1.28. The molecule has 2 aromatic carbocycles. The van der Waals surface area contributed by atoms with Crippen molar-refractivity contribution in [2.45, 2.75) is 30.9 Å². The average Bonchev–Trinajstić information content (AvgIpc) is 3.36. The first-order chi connectivity index (χ1) is 14.7. The Morgan fingerprint density at radius 3 is 2.73 bits per heavy atom. The molecule has 2 saturated heterocycles. The third kappa shape index (κ3) is 4.54. The molecule has 2 aromatic rings. The number of benzene rings is 2. The number of carbonyl (C=O) groups excluding carboxylic acids is 1. The number of anilines is 1. The van der Waals surface area contributed by atoms with Gasteiger partial charge in [0.15, 0.2) is 6.10 Å². The van der Waals surface area contributed by atoms with Crippen LogP contribution in [-0.4, -0.2) is 50.8 Å². The highest BCUT2D eigenvalue weighted by Gasteiger charge is 2.49. The van der Waals surface area contributed by atoms with Crippen LogP contribution in [0.4, 0.5) is 10.5 Å². The van der Waals surface area contributed by atoms with Gasteiger partial charge in [0.05, 0.1) is 38.0 Å². The van der Waals surface area contributed by atoms with Crippen LogP contribution in [0.25, 0.3) is 0 Å². The number of hydrogen-bond acceptors (Lipinski definition) is 7. The summed E-state index contributed by atoms with van der Waals surface area (Å²) >= 11 is 0. The van der Waals surface area contributed by atoms with Gasteiger partial charge < -0.3 is 24.3 Å². The maximum Gasteiger partial charge on any atom is 0.412 e. The van der Waals surface area contributed by atoms with E-state index in [4.69, 9.17) is 24.2 Å². The lowest BCUT2D eigenvalue weighted by Crippen LogP contribution is -2.41. The lowest BCUT2D eigenvalue weighted by Gasteiger charge is -2.18. The van der Waals surface area contributed by atoms with Crippen LogP contribution in [-0.2, 0) is 20.8 Å². The van der Waals surface area contributed by atoms with E-state index in [0.29, 0.717) is 30.2 Å². The van der Waals surface area contributed by atoms with Crippen molar-refractivity contribution in [3.05, 3.63) is 59.7 Å². The summed E-state index contributed by atoms with van der Waals surface area (Å²) in [5.41, 5.74) is 2.26. The van der Waals surface area contributed by atoms with Gasteiger partial charge in [0, 0.05) is 12.2 Å². The zero-order valence-electron chi connectivity index (χ0n) is 16.5. The average molecular weight is 409 g/mol. The maximum absolute atomic E-state index is 12.2. The molecule has 4 atom stereocenters. The molecule has 8 nitrogen and oxygen atoms in total. The second kappa shape index (κ2) is 9.13. The number of amides is 1. The van der Waals surface area contributed by atoms with Crippen molar-refractivity contribution < 1.29 is 23.7 Å². The molecule has 0 bridgehead atoms. The highest BCUT2D eigenvalue weighted by atomic mass is 16.6. The Kier molecular flexibility index (Phi) is 6.14. The van der Waals surface area contributed by atoms with E-state index in [1.807, 2.05) is 18.2 Å². The van der Waals surface area contributed by atoms with E-state index in [-0.39, 0.29) is 24.9 Å². The van der Waals surface area contributed by atoms with Gasteiger partial charge in [-0.05, 0) is 42.0 Å². The minimum Gasteiger partial charge on any atom is -0.497 e. The normalized spacial score (nSPS) is 24.7. The highest BCUT2D eigenvalue weighted by molar-refractivity contribution is 5.84. The predicted molar refractivity (Wildman–Crippen MR) is 108 cm³/mol. The molecule has 4 unspecified atom stereocenters. The number of fused-ring (bicyclic) bond motifs is 1. The Hall–Kier alpha value is -3.12. The van der Waals surface area contributed by atoms with Gasteiger partial charge in [-0.15, -0.1) is 0 Å². The number of carbonyl (C=O) groups is 1. The number of ether oxygens (including phenoxy) is 4. The van der Waals surface area contributed by atoms with Crippen molar-refractivity contribution >= 4 is 11.8 Å². The summed E-state index contributed by atoms with van der Waals surface area (Å²) in [6.07, 6.45) is -1.53. The fourth-order valence-electron chi connectivity index (χ4n) is 3.70. The summed E-state index contributed by atoms with van der Waals surface area (Å²) in [7, 11) is 1.58. The minimum atomic E-state index is -0.553. The summed E-state index contributed by atoms with van der Waals surface area (Å²) in [5, 5.41) is 15.1. The first kappa shape index (κ1) is 20.2. The second-order valence-corrected chi connectivity index (χ2v) is 7.19. The third-order valence-corrected chi connectivity index (χ3v) is 5.23. The van der Waals surface area contributed by atoms with Gasteiger partial charge in [-0.1, -0.05) is 12.1 Å². The standard InChI is InChI=1S/C22H23N3O5/c1-27-17-7-5-16(6-8-17)25-22(26)30-19-13-29-20-18(12-28-21(19)20)24-11-15-4-2-3-14(9-15)10-23/h2-9,18-21,24H,11-13H2,1H3,(H,25,26). The summed E-state index contributed by atoms with van der Waals surface area (Å²) in [5.74, 6) is 0.707. The Labute approximate surface area is 174 Å². The fourth-order valence-corrected chi connectivity index (χ4v) is 3.70. The number of hydrogen-bond donors (Lipinski definition) is 2. The van der Waals surface area contributed by atoms with Gasteiger partial charge >= 0.3 is 6.09 Å². The topological polar surface area (TPSA) is 102 Å². The van der Waals surface area contributed by atoms with E-state index >= 15 is 0 Å². The Morgan fingerprint density at radius 1 is 1.17 bits per heavy atom. The number of nitrogens with one attached hydrogen (secondary N) is 2. The Bertz CT molecular complexity index is 927. The van der Waals surface area contributed by atoms with Crippen molar-refractivity contribution in [1.82, 2.24) is 5.32 Å². The summed E-state index contributed by atoms with van der Waals surface area (Å²) in [6.45, 7) is 1.35. The first-order valence-corrected chi connectivity index (χ1v) is 9.73. The van der Waals surface area contributed by atoms with E-state index in [0.717, 1.165) is 5.56 Å². The Morgan fingerprint density at radius 2 is 1.97 bits per heavy atom. The van der Waals surface area contributed by atoms with Gasteiger partial charge in [0.25, 0.3) is 0 Å². The van der Waals surface area contributed by atoms with E-state index in [2.05, 4.69) is 16.7 Å². The molecular weight excluding hydrogens is 386 g/mol. The van der Waals surface area contributed by atoms with Crippen molar-refractivity contribution in [2.75, 3.05) is 25.6 Å². The van der Waals surface area contributed by atoms with Crippen LogP contribution >= 0.6 is 0 Å². The van der Waals surface area contributed by atoms with Gasteiger partial charge in [-0.2, -0.15) is 5.26 Å². The second-order valence-electron chi connectivity index (χ2n) is 7.19. The van der Waals surface area contributed by atoms with Crippen LogP contribution in [0.2, 0.25) is 0 Å². The fraction of sp³-hybridized carbons (Fsp3) is 0.364. The van der Waals surface area contributed by atoms with Gasteiger partial charge in [0.2, 0.25) is 0 Å². The largest absolute Gasteiger partial charge is 0.497 e. The molecule has 30 heavy (non-hydrogen) atoms. The van der Waals surface area contributed by atoms with Gasteiger partial charge in [-0.25, -0.2) is 4.79 Å². The number of nitrogens with zero attached hydrogens (tertiary/aromatic N) is 1. The highest BCUT2D eigenvalue weighted by Crippen LogP contribution is 2.29. The van der Waals surface area contributed by atoms with Crippen molar-refractivity contribution in [2.24, 2.45) is 0 Å². The SMILES string of the molecule is COc1ccc(NC(=O)OC2COC3C(NCc4cccc(C#N)c4)COC23)cc1. The molecule has 2 aliphatic heterocycles. The van der Waals surface area contributed by atoms with Crippen molar-refractivity contribution in [1.29, 1.82) is 5.26 Å². The zero-order valence-corrected chi connectivity index (χ0v) is 16.5. The molecular formula is C22H23N3O5. The summed E-state index contributed by atoms with van der Waals surface area (Å²) in [4.78, 5) is 12.2. The van der Waals surface area contributed by atoms with E-state index in [1.54, 1.807) is 37.4 Å². The van der Waals surface area contributed by atoms with Gasteiger partial charge in [-0.3, -0.25) is 5.32 Å². The summed E-state index contributed by atoms with van der Waals surface area (Å²) < 4.78 is 22.3. The molecule has 2 N–H and O–H groups in total.